The standard InChI is InChI=1S/C63H87F4N7O15/c1-10-68-57-42(63(65,66)67)32-69-61(71-57)70-44-30-43(64)41(29-48(44)84-6)58(80)73-21-19-72(20-22-73)52(78)15-11-13-38-24-33(2)23-34(3)25-50(86-8)55-51(87-9)26-35(4)62(83,89-55)56(79)59(81)74-18-12-14-39-40(27-37-16-17-45(75)49(28-37)85-7)54(88-60(82)53(39)74)36(5)46(76)31-47(38)77/h24,27,29-30,32,34-39,45-46,49-51,53-55,75-76,83H,10-23,25-26,28,31H2,1-9H3,(H2,68,69,70,71)/b33-24+,40-27+/t34-,35+,36+,37-,38+,39?,45+,46-,49+,50-,51-,53-,54-,55+,62+/m0/s1. The number of halogens is 4. The normalized spacial score (nSPS) is 33.1. The average molecular weight is 1260 g/mol. The molecule has 1 saturated carbocycles. The number of carbonyl (C=O) groups is 6. The predicted octanol–water partition coefficient (Wildman–Crippen LogP) is 6.57. The first-order chi connectivity index (χ1) is 42.2. The number of aliphatic hydroxyl groups is 3. The highest BCUT2D eigenvalue weighted by atomic mass is 19.4. The van der Waals surface area contributed by atoms with Gasteiger partial charge in [0.2, 0.25) is 17.6 Å². The molecule has 3 amide bonds. The summed E-state index contributed by atoms with van der Waals surface area (Å²) in [5.74, 6) is -12.3. The molecular formula is C63H87F4N7O15. The Labute approximate surface area is 516 Å². The minimum absolute atomic E-state index is 0.00360. The number of piperazine rings is 1. The zero-order valence-corrected chi connectivity index (χ0v) is 52.2. The molecule has 0 spiro atoms. The van der Waals surface area contributed by atoms with Crippen molar-refractivity contribution in [3.05, 3.63) is 58.6 Å². The number of carbonyl (C=O) groups excluding carboxylic acids is 6. The van der Waals surface area contributed by atoms with Gasteiger partial charge in [-0.15, -0.1) is 0 Å². The molecule has 7 heterocycles. The van der Waals surface area contributed by atoms with Crippen molar-refractivity contribution in [2.75, 3.05) is 78.3 Å². The number of benzene rings is 1. The number of piperidine rings is 1. The largest absolute Gasteiger partial charge is 0.495 e. The number of hydrogen-bond donors (Lipinski definition) is 5. The number of nitrogens with one attached hydrogen (secondary N) is 2. The topological polar surface area (TPSA) is 278 Å². The van der Waals surface area contributed by atoms with E-state index >= 15 is 4.39 Å². The molecule has 89 heavy (non-hydrogen) atoms. The molecule has 5 N–H and O–H groups in total. The summed E-state index contributed by atoms with van der Waals surface area (Å²) < 4.78 is 92.2. The summed E-state index contributed by atoms with van der Waals surface area (Å²) in [5.41, 5.74) is -0.0511. The van der Waals surface area contributed by atoms with E-state index in [1.54, 1.807) is 25.7 Å². The first-order valence-electron chi connectivity index (χ1n) is 31.0. The van der Waals surface area contributed by atoms with E-state index in [0.717, 1.165) is 17.7 Å². The third-order valence-corrected chi connectivity index (χ3v) is 18.8. The van der Waals surface area contributed by atoms with Crippen LogP contribution in [0.3, 0.4) is 0 Å². The Morgan fingerprint density at radius 3 is 2.24 bits per heavy atom. The molecule has 5 fully saturated rings. The van der Waals surface area contributed by atoms with E-state index in [1.807, 2.05) is 26.0 Å². The number of fused-ring (bicyclic) bond motifs is 11. The number of anilines is 3. The van der Waals surface area contributed by atoms with Crippen LogP contribution in [0.25, 0.3) is 0 Å². The number of hydrogen-bond acceptors (Lipinski definition) is 19. The minimum Gasteiger partial charge on any atom is -0.495 e. The van der Waals surface area contributed by atoms with Gasteiger partial charge in [-0.25, -0.2) is 14.2 Å². The smallest absolute Gasteiger partial charge is 0.421 e. The van der Waals surface area contributed by atoms with Crippen LogP contribution in [0.5, 0.6) is 5.75 Å². The average Bonchev–Trinajstić information content (AvgIpc) is 1.03. The van der Waals surface area contributed by atoms with Crippen molar-refractivity contribution in [1.29, 1.82) is 0 Å². The highest BCUT2D eigenvalue weighted by Gasteiger charge is 2.59. The summed E-state index contributed by atoms with van der Waals surface area (Å²) >= 11 is 0. The number of alkyl halides is 3. The molecule has 2 aromatic rings. The SMILES string of the molecule is CCNc1nc(Nc2cc(F)c(C(=O)N3CCN(C(=O)CCC[C@@H]4/C=C(\C)C[C@H](C)C[C@H](OC)[C@H]5O[C@@](O)(C(=O)C(=O)N6CCCC7/C(=C\[C@@H]8CC[C@@H](O)[C@H](OC)C8)[C@@H](OC(=O)[C@H]76)[C@H](C)[C@@H](O)CC4=O)[C@H](C)C[C@@H]5OC)CC3)cc2OC)ncc1C(F)(F)F. The minimum atomic E-state index is -4.74. The Balaban J connectivity index is 0.998. The Morgan fingerprint density at radius 2 is 1.57 bits per heavy atom. The van der Waals surface area contributed by atoms with Gasteiger partial charge in [0.15, 0.2) is 0 Å². The van der Waals surface area contributed by atoms with Crippen LogP contribution in [0.2, 0.25) is 0 Å². The third-order valence-electron chi connectivity index (χ3n) is 18.8. The number of rotatable bonds is 14. The quantitative estimate of drug-likeness (QED) is 0.0579. The Kier molecular flexibility index (Phi) is 22.7. The van der Waals surface area contributed by atoms with Gasteiger partial charge in [-0.3, -0.25) is 24.0 Å². The summed E-state index contributed by atoms with van der Waals surface area (Å²) in [7, 11) is 5.75. The fourth-order valence-corrected chi connectivity index (χ4v) is 13.8. The van der Waals surface area contributed by atoms with Gasteiger partial charge in [-0.2, -0.15) is 18.2 Å². The van der Waals surface area contributed by atoms with Crippen molar-refractivity contribution in [3.8, 4) is 5.75 Å². The number of esters is 1. The number of ether oxygens (including phenoxy) is 6. The van der Waals surface area contributed by atoms with Crippen LogP contribution in [0, 0.1) is 41.3 Å². The Morgan fingerprint density at radius 1 is 0.888 bits per heavy atom. The molecule has 1 aliphatic carbocycles. The lowest BCUT2D eigenvalue weighted by Crippen LogP contribution is -2.66. The second kappa shape index (κ2) is 29.4. The summed E-state index contributed by atoms with van der Waals surface area (Å²) in [6.45, 7) is 9.22. The maximum Gasteiger partial charge on any atom is 0.421 e. The summed E-state index contributed by atoms with van der Waals surface area (Å²) in [6, 6.07) is 0.845. The van der Waals surface area contributed by atoms with Gasteiger partial charge in [0.1, 0.15) is 47.0 Å². The molecule has 1 unspecified atom stereocenters. The first kappa shape index (κ1) is 68.7. The lowest BCUT2D eigenvalue weighted by molar-refractivity contribution is -0.302. The van der Waals surface area contributed by atoms with Gasteiger partial charge < -0.3 is 69.1 Å². The number of aromatic nitrogens is 2. The number of aliphatic hydroxyl groups excluding tert-OH is 2. The van der Waals surface area contributed by atoms with Gasteiger partial charge >= 0.3 is 12.1 Å². The molecule has 6 aliphatic heterocycles. The molecule has 492 valence electrons. The van der Waals surface area contributed by atoms with Crippen molar-refractivity contribution in [3.63, 3.8) is 0 Å². The van der Waals surface area contributed by atoms with Gasteiger partial charge in [0.05, 0.1) is 48.9 Å². The van der Waals surface area contributed by atoms with E-state index in [0.29, 0.717) is 56.7 Å². The third kappa shape index (κ3) is 15.4. The molecule has 4 saturated heterocycles. The Bertz CT molecular complexity index is 2960. The van der Waals surface area contributed by atoms with Crippen LogP contribution in [-0.2, 0) is 53.8 Å². The van der Waals surface area contributed by atoms with Crippen LogP contribution < -0.4 is 15.4 Å². The lowest BCUT2D eigenvalue weighted by atomic mass is 9.72. The van der Waals surface area contributed by atoms with Crippen LogP contribution in [0.15, 0.2) is 41.6 Å². The Hall–Kier alpha value is -6.16. The van der Waals surface area contributed by atoms with Crippen LogP contribution in [-0.4, -0.2) is 198 Å². The fraction of sp³-hybridized carbons (Fsp3) is 0.683. The van der Waals surface area contributed by atoms with Crippen molar-refractivity contribution < 1.29 is 90.1 Å². The van der Waals surface area contributed by atoms with Gasteiger partial charge in [-0.1, -0.05) is 38.5 Å². The maximum absolute atomic E-state index is 15.8. The molecule has 1 aromatic carbocycles. The van der Waals surface area contributed by atoms with Gasteiger partial charge in [-0.05, 0) is 102 Å². The highest BCUT2D eigenvalue weighted by molar-refractivity contribution is 6.39. The fourth-order valence-electron chi connectivity index (χ4n) is 13.8. The van der Waals surface area contributed by atoms with Crippen molar-refractivity contribution in [1.82, 2.24) is 24.7 Å². The van der Waals surface area contributed by atoms with Crippen LogP contribution in [0.4, 0.5) is 35.0 Å². The van der Waals surface area contributed by atoms with E-state index in [4.69, 9.17) is 28.4 Å². The molecule has 1 aromatic heterocycles. The molecule has 0 radical (unpaired) electrons. The summed E-state index contributed by atoms with van der Waals surface area (Å²) in [4.78, 5) is 98.2. The first-order valence-corrected chi connectivity index (χ1v) is 31.0. The van der Waals surface area contributed by atoms with Crippen LogP contribution >= 0.6 is 0 Å². The van der Waals surface area contributed by atoms with Crippen molar-refractivity contribution in [2.24, 2.45) is 35.5 Å². The number of Topliss-reactive ketones (excluding diaryl/α,β-unsaturated/α-hetero) is 2. The highest BCUT2D eigenvalue weighted by Crippen LogP contribution is 2.45. The van der Waals surface area contributed by atoms with E-state index < -0.39 is 125 Å². The molecule has 26 heteroatoms. The van der Waals surface area contributed by atoms with E-state index in [9.17, 15) is 57.3 Å². The second-order valence-corrected chi connectivity index (χ2v) is 24.9. The monoisotopic (exact) mass is 1260 g/mol. The molecule has 15 atom stereocenters. The lowest BCUT2D eigenvalue weighted by Gasteiger charge is -2.49. The maximum atomic E-state index is 15.8. The van der Waals surface area contributed by atoms with E-state index in [-0.39, 0.29) is 118 Å². The number of allylic oxidation sites excluding steroid dienone is 3. The number of amides is 3. The molecule has 6 bridgehead atoms. The molecule has 22 nitrogen and oxygen atoms in total. The number of nitrogens with zero attached hydrogens (tertiary/aromatic N) is 5. The second-order valence-electron chi connectivity index (χ2n) is 24.9. The van der Waals surface area contributed by atoms with Crippen LogP contribution in [0.1, 0.15) is 128 Å². The van der Waals surface area contributed by atoms with E-state index in [2.05, 4.69) is 20.6 Å². The number of ketones is 2. The van der Waals surface area contributed by atoms with Crippen molar-refractivity contribution >= 4 is 52.7 Å². The van der Waals surface area contributed by atoms with Gasteiger partial charge in [0, 0.05) is 109 Å². The molecular weight excluding hydrogens is 1170 g/mol. The zero-order chi connectivity index (χ0) is 64.8. The van der Waals surface area contributed by atoms with Gasteiger partial charge in [0.25, 0.3) is 17.6 Å². The molecule has 9 rings (SSSR count). The zero-order valence-electron chi connectivity index (χ0n) is 52.2. The van der Waals surface area contributed by atoms with E-state index in [1.165, 1.54) is 38.2 Å². The summed E-state index contributed by atoms with van der Waals surface area (Å²) in [6.07, 6.45) is -3.09. The molecule has 7 aliphatic rings. The van der Waals surface area contributed by atoms with Crippen molar-refractivity contribution in [2.45, 2.75) is 172 Å². The summed E-state index contributed by atoms with van der Waals surface area (Å²) in [5, 5.41) is 40.5. The predicted molar refractivity (Wildman–Crippen MR) is 315 cm³/mol. The number of methoxy groups -OCH3 is 4.